The van der Waals surface area contributed by atoms with Gasteiger partial charge < -0.3 is 4.48 Å². The Morgan fingerprint density at radius 3 is 0.543 bits per heavy atom. The number of halogens is 1. The van der Waals surface area contributed by atoms with Crippen molar-refractivity contribution >= 4 is 0 Å². The lowest BCUT2D eigenvalue weighted by Crippen LogP contribution is -2.68. The van der Waals surface area contributed by atoms with Crippen LogP contribution in [-0.4, -0.2) is 30.7 Å². The molecule has 0 saturated carbocycles. The lowest BCUT2D eigenvalue weighted by atomic mass is 10.0. The Morgan fingerprint density at radius 1 is 0.261 bits per heavy atom. The molecule has 5 nitrogen and oxygen atoms in total. The Kier molecular flexibility index (Phi) is 39.7. The zero-order valence-electron chi connectivity index (χ0n) is 31.9. The van der Waals surface area contributed by atoms with Crippen LogP contribution in [-0.2, 0) is 0 Å². The standard InChI is InChI=1S/C40H84N.ClHO4/c1-5-9-13-17-21-25-29-33-37-41(38-34-30-26-22-18-14-10-6-2,39-35-31-27-23-19-15-11-7-3)40-36-32-28-24-20-16-12-8-4;2-1(3,4)5/h5-40H2,1-4H3;(H,2,3,4,5)/q+1;/p-1. The van der Waals surface area contributed by atoms with Crippen molar-refractivity contribution in [3.05, 3.63) is 0 Å². The summed E-state index contributed by atoms with van der Waals surface area (Å²) in [7, 11) is -4.94. The largest absolute Gasteiger partial charge is 0.324 e. The second-order valence-corrected chi connectivity index (χ2v) is 15.3. The SMILES string of the molecule is CCCCCCCCCC[N+](CCCCCCCCCC)(CCCCCCCCCC)CCCCCCCCCC.[O-][Cl+3]([O-])([O-])[O-]. The molecule has 0 aromatic rings. The molecule has 0 N–H and O–H groups in total. The van der Waals surface area contributed by atoms with Crippen molar-refractivity contribution in [2.24, 2.45) is 0 Å². The topological polar surface area (TPSA) is 92.2 Å². The molecule has 0 amide bonds. The van der Waals surface area contributed by atoms with Crippen molar-refractivity contribution in [2.45, 2.75) is 233 Å². The minimum atomic E-state index is -4.94. The third-order valence-electron chi connectivity index (χ3n) is 9.94. The minimum Gasteiger partial charge on any atom is -0.324 e. The van der Waals surface area contributed by atoms with Crippen LogP contribution in [0.3, 0.4) is 0 Å². The van der Waals surface area contributed by atoms with Crippen LogP contribution in [0, 0.1) is 10.2 Å². The molecule has 0 aromatic heterocycles. The van der Waals surface area contributed by atoms with Gasteiger partial charge in [0.1, 0.15) is 0 Å². The fraction of sp³-hybridized carbons (Fsp3) is 1.00. The molecular formula is C40H84ClNO4. The van der Waals surface area contributed by atoms with Gasteiger partial charge in [-0.3, -0.25) is 0 Å². The fourth-order valence-electron chi connectivity index (χ4n) is 7.00. The van der Waals surface area contributed by atoms with Crippen LogP contribution in [0.1, 0.15) is 233 Å². The van der Waals surface area contributed by atoms with Crippen LogP contribution in [0.4, 0.5) is 0 Å². The Morgan fingerprint density at radius 2 is 0.391 bits per heavy atom. The molecule has 0 aromatic carbocycles. The first-order valence-corrected chi connectivity index (χ1v) is 21.9. The first kappa shape index (κ1) is 48.2. The summed E-state index contributed by atoms with van der Waals surface area (Å²) in [5, 5.41) is 0. The van der Waals surface area contributed by atoms with Gasteiger partial charge in [-0.25, -0.2) is 18.6 Å². The molecule has 0 unspecified atom stereocenters. The Balaban J connectivity index is 0. The van der Waals surface area contributed by atoms with E-state index < -0.39 is 10.2 Å². The molecule has 280 valence electrons. The quantitative estimate of drug-likeness (QED) is 0.0488. The summed E-state index contributed by atoms with van der Waals surface area (Å²) in [4.78, 5) is 0. The summed E-state index contributed by atoms with van der Waals surface area (Å²) in [5.74, 6) is 0. The summed E-state index contributed by atoms with van der Waals surface area (Å²) in [6.07, 6.45) is 46.7. The first-order chi connectivity index (χ1) is 22.2. The lowest BCUT2D eigenvalue weighted by Gasteiger charge is -2.40. The minimum absolute atomic E-state index is 1.37. The second kappa shape index (κ2) is 37.9. The second-order valence-electron chi connectivity index (χ2n) is 14.5. The first-order valence-electron chi connectivity index (χ1n) is 20.7. The predicted molar refractivity (Wildman–Crippen MR) is 190 cm³/mol. The van der Waals surface area contributed by atoms with Gasteiger partial charge in [0.2, 0.25) is 0 Å². The lowest BCUT2D eigenvalue weighted by molar-refractivity contribution is -2.00. The van der Waals surface area contributed by atoms with Crippen LogP contribution in [0.5, 0.6) is 0 Å². The maximum absolute atomic E-state index is 8.49. The highest BCUT2D eigenvalue weighted by molar-refractivity contribution is 4.56. The number of rotatable bonds is 36. The van der Waals surface area contributed by atoms with Gasteiger partial charge in [-0.2, -0.15) is 0 Å². The molecule has 0 saturated heterocycles. The van der Waals surface area contributed by atoms with Crippen molar-refractivity contribution in [1.82, 2.24) is 0 Å². The smallest absolute Gasteiger partial charge is 0.0786 e. The summed E-state index contributed by atoms with van der Waals surface area (Å²) < 4.78 is 35.5. The van der Waals surface area contributed by atoms with Gasteiger partial charge in [0.05, 0.1) is 26.2 Å². The summed E-state index contributed by atoms with van der Waals surface area (Å²) in [5.41, 5.74) is 0. The van der Waals surface area contributed by atoms with Crippen molar-refractivity contribution in [2.75, 3.05) is 26.2 Å². The Labute approximate surface area is 292 Å². The number of nitrogens with zero attached hydrogens (tertiary/aromatic N) is 1. The van der Waals surface area contributed by atoms with E-state index in [-0.39, 0.29) is 0 Å². The van der Waals surface area contributed by atoms with Crippen molar-refractivity contribution in [3.63, 3.8) is 0 Å². The van der Waals surface area contributed by atoms with Gasteiger partial charge in [-0.15, -0.1) is 10.2 Å². The third-order valence-corrected chi connectivity index (χ3v) is 9.94. The average Bonchev–Trinajstić information content (AvgIpc) is 3.01. The van der Waals surface area contributed by atoms with Crippen LogP contribution in [0.25, 0.3) is 0 Å². The molecular weight excluding hydrogens is 594 g/mol. The van der Waals surface area contributed by atoms with E-state index >= 15 is 0 Å². The number of unbranched alkanes of at least 4 members (excludes halogenated alkanes) is 28. The van der Waals surface area contributed by atoms with E-state index in [2.05, 4.69) is 27.7 Å². The van der Waals surface area contributed by atoms with E-state index in [1.165, 1.54) is 236 Å². The van der Waals surface area contributed by atoms with E-state index in [1.807, 2.05) is 0 Å². The highest BCUT2D eigenvalue weighted by Gasteiger charge is 2.25. The van der Waals surface area contributed by atoms with Crippen LogP contribution in [0.2, 0.25) is 0 Å². The third kappa shape index (κ3) is 42.1. The van der Waals surface area contributed by atoms with Crippen molar-refractivity contribution in [1.29, 1.82) is 0 Å². The average molecular weight is 679 g/mol. The van der Waals surface area contributed by atoms with Crippen LogP contribution < -0.4 is 18.6 Å². The number of quaternary nitrogens is 1. The zero-order chi connectivity index (χ0) is 34.5. The molecule has 0 bridgehead atoms. The molecule has 0 aliphatic heterocycles. The van der Waals surface area contributed by atoms with Gasteiger partial charge in [0.15, 0.2) is 0 Å². The fourth-order valence-corrected chi connectivity index (χ4v) is 7.00. The van der Waals surface area contributed by atoms with E-state index in [4.69, 9.17) is 18.6 Å². The van der Waals surface area contributed by atoms with E-state index in [1.54, 1.807) is 0 Å². The van der Waals surface area contributed by atoms with Crippen LogP contribution in [0.15, 0.2) is 0 Å². The van der Waals surface area contributed by atoms with Crippen molar-refractivity contribution < 1.29 is 33.4 Å². The van der Waals surface area contributed by atoms with Gasteiger partial charge in [0.25, 0.3) is 0 Å². The summed E-state index contributed by atoms with van der Waals surface area (Å²) in [6.45, 7) is 15.3. The molecule has 46 heavy (non-hydrogen) atoms. The molecule has 0 fully saturated rings. The van der Waals surface area contributed by atoms with E-state index in [0.717, 1.165) is 0 Å². The molecule has 0 spiro atoms. The zero-order valence-corrected chi connectivity index (χ0v) is 32.7. The van der Waals surface area contributed by atoms with Gasteiger partial charge in [-0.1, -0.05) is 182 Å². The highest BCUT2D eigenvalue weighted by atomic mass is 35.7. The van der Waals surface area contributed by atoms with Gasteiger partial charge in [0, 0.05) is 0 Å². The predicted octanol–water partition coefficient (Wildman–Crippen LogP) is 9.61. The molecule has 0 heterocycles. The maximum atomic E-state index is 8.49. The Bertz CT molecular complexity index is 466. The molecule has 0 aliphatic rings. The highest BCUT2D eigenvalue weighted by Crippen LogP contribution is 2.21. The van der Waals surface area contributed by atoms with E-state index in [0.29, 0.717) is 0 Å². The summed E-state index contributed by atoms with van der Waals surface area (Å²) in [6, 6.07) is 0. The number of hydrogen-bond donors (Lipinski definition) is 0. The number of hydrogen-bond acceptors (Lipinski definition) is 4. The molecule has 0 atom stereocenters. The molecule has 0 aliphatic carbocycles. The van der Waals surface area contributed by atoms with Gasteiger partial charge in [-0.05, 0) is 51.4 Å². The molecule has 0 rings (SSSR count). The maximum Gasteiger partial charge on any atom is 0.0786 e. The molecule has 0 radical (unpaired) electrons. The normalized spacial score (nSPS) is 12.0. The van der Waals surface area contributed by atoms with E-state index in [9.17, 15) is 0 Å². The monoisotopic (exact) mass is 678 g/mol. The molecule has 6 heteroatoms. The van der Waals surface area contributed by atoms with Crippen LogP contribution >= 0.6 is 0 Å². The van der Waals surface area contributed by atoms with Crippen molar-refractivity contribution in [3.8, 4) is 0 Å². The Hall–Kier alpha value is 0.0900. The summed E-state index contributed by atoms with van der Waals surface area (Å²) >= 11 is 0. The van der Waals surface area contributed by atoms with Gasteiger partial charge >= 0.3 is 0 Å².